The summed E-state index contributed by atoms with van der Waals surface area (Å²) in [6.45, 7) is 2.77. The topological polar surface area (TPSA) is 35.6 Å². The third kappa shape index (κ3) is 5.24. The van der Waals surface area contributed by atoms with Gasteiger partial charge in [0.05, 0.1) is 11.3 Å². The molecular weight excluding hydrogens is 358 g/mol. The van der Waals surface area contributed by atoms with E-state index in [-0.39, 0.29) is 18.3 Å². The molecule has 0 aliphatic carbocycles. The zero-order valence-electron chi connectivity index (χ0n) is 16.2. The number of carbonyl (C=O) groups excluding carboxylic acids is 1. The second-order valence-electron chi connectivity index (χ2n) is 7.04. The summed E-state index contributed by atoms with van der Waals surface area (Å²) in [5, 5.41) is 3.22. The molecule has 1 aliphatic rings. The molecule has 1 amide bonds. The minimum absolute atomic E-state index is 0. The first-order valence-corrected chi connectivity index (χ1v) is 9.52. The van der Waals surface area contributed by atoms with Gasteiger partial charge in [-0.25, -0.2) is 0 Å². The Morgan fingerprint density at radius 1 is 1.07 bits per heavy atom. The molecule has 1 fully saturated rings. The molecule has 1 N–H and O–H groups in total. The Kier molecular flexibility index (Phi) is 8.14. The van der Waals surface area contributed by atoms with Crippen molar-refractivity contribution in [2.45, 2.75) is 19.3 Å². The molecule has 4 nitrogen and oxygen atoms in total. The van der Waals surface area contributed by atoms with Crippen LogP contribution in [0.5, 0.6) is 0 Å². The van der Waals surface area contributed by atoms with Gasteiger partial charge in [-0.2, -0.15) is 0 Å². The van der Waals surface area contributed by atoms with E-state index in [2.05, 4.69) is 22.3 Å². The summed E-state index contributed by atoms with van der Waals surface area (Å²) in [5.41, 5.74) is 2.83. The third-order valence-electron chi connectivity index (χ3n) is 5.34. The van der Waals surface area contributed by atoms with Gasteiger partial charge in [0.2, 0.25) is 0 Å². The van der Waals surface area contributed by atoms with E-state index in [1.807, 2.05) is 61.5 Å². The molecule has 1 aliphatic heterocycles. The Morgan fingerprint density at radius 3 is 2.37 bits per heavy atom. The summed E-state index contributed by atoms with van der Waals surface area (Å²) in [4.78, 5) is 17.3. The number of para-hydroxylation sites is 2. The predicted molar refractivity (Wildman–Crippen MR) is 115 cm³/mol. The van der Waals surface area contributed by atoms with E-state index >= 15 is 0 Å². The summed E-state index contributed by atoms with van der Waals surface area (Å²) >= 11 is 0. The van der Waals surface area contributed by atoms with Crippen molar-refractivity contribution < 1.29 is 4.79 Å². The molecule has 3 rings (SSSR count). The van der Waals surface area contributed by atoms with Gasteiger partial charge in [0.15, 0.2) is 0 Å². The highest BCUT2D eigenvalue weighted by atomic mass is 35.5. The van der Waals surface area contributed by atoms with Gasteiger partial charge in [-0.05, 0) is 63.0 Å². The van der Waals surface area contributed by atoms with Crippen LogP contribution in [0.2, 0.25) is 0 Å². The average molecular weight is 388 g/mol. The van der Waals surface area contributed by atoms with Crippen molar-refractivity contribution in [1.29, 1.82) is 0 Å². The van der Waals surface area contributed by atoms with Crippen molar-refractivity contribution in [3.63, 3.8) is 0 Å². The Labute approximate surface area is 169 Å². The van der Waals surface area contributed by atoms with E-state index in [4.69, 9.17) is 0 Å². The van der Waals surface area contributed by atoms with Gasteiger partial charge in [0, 0.05) is 25.8 Å². The maximum Gasteiger partial charge on any atom is 0.255 e. The summed E-state index contributed by atoms with van der Waals surface area (Å²) in [7, 11) is 4.02. The van der Waals surface area contributed by atoms with Gasteiger partial charge >= 0.3 is 0 Å². The van der Waals surface area contributed by atoms with Crippen molar-refractivity contribution in [3.05, 3.63) is 60.2 Å². The Bertz CT molecular complexity index is 715. The Morgan fingerprint density at radius 2 is 1.70 bits per heavy atom. The smallest absolute Gasteiger partial charge is 0.255 e. The molecular formula is C22H30ClN3O. The fourth-order valence-electron chi connectivity index (χ4n) is 3.68. The predicted octanol–water partition coefficient (Wildman–Crippen LogP) is 4.34. The van der Waals surface area contributed by atoms with Crippen LogP contribution >= 0.6 is 12.4 Å². The van der Waals surface area contributed by atoms with Crippen LogP contribution in [0.1, 0.15) is 29.6 Å². The monoisotopic (exact) mass is 387 g/mol. The number of hydrogen-bond acceptors (Lipinski definition) is 3. The van der Waals surface area contributed by atoms with Crippen LogP contribution < -0.4 is 10.2 Å². The van der Waals surface area contributed by atoms with Crippen LogP contribution in [0.25, 0.3) is 0 Å². The maximum atomic E-state index is 13.2. The first-order chi connectivity index (χ1) is 12.7. The number of likely N-dealkylation sites (tertiary alicyclic amines) is 1. The van der Waals surface area contributed by atoms with Gasteiger partial charge in [0.1, 0.15) is 0 Å². The van der Waals surface area contributed by atoms with Crippen molar-refractivity contribution in [2.75, 3.05) is 38.6 Å². The lowest BCUT2D eigenvalue weighted by molar-refractivity contribution is 0.0688. The molecule has 5 heteroatoms. The lowest BCUT2D eigenvalue weighted by Crippen LogP contribution is -2.39. The first kappa shape index (κ1) is 21.3. The molecule has 0 bridgehead atoms. The summed E-state index contributed by atoms with van der Waals surface area (Å²) < 4.78 is 0. The molecule has 0 atom stereocenters. The van der Waals surface area contributed by atoms with Crippen molar-refractivity contribution in [2.24, 2.45) is 5.92 Å². The van der Waals surface area contributed by atoms with E-state index in [9.17, 15) is 4.79 Å². The van der Waals surface area contributed by atoms with Crippen molar-refractivity contribution in [1.82, 2.24) is 10.2 Å². The summed E-state index contributed by atoms with van der Waals surface area (Å²) in [5.74, 6) is 0.879. The van der Waals surface area contributed by atoms with Crippen LogP contribution in [0.3, 0.4) is 0 Å². The number of rotatable bonds is 6. The fraction of sp³-hybridized carbons (Fsp3) is 0.409. The second kappa shape index (κ2) is 10.3. The minimum Gasteiger partial charge on any atom is -0.344 e. The van der Waals surface area contributed by atoms with E-state index in [0.717, 1.165) is 55.3 Å². The SMILES string of the molecule is CNCCC1CCN(C(=O)c2ccccc2N(C)c2ccccc2)CC1.Cl. The van der Waals surface area contributed by atoms with Crippen LogP contribution in [0.4, 0.5) is 11.4 Å². The van der Waals surface area contributed by atoms with Crippen LogP contribution in [-0.2, 0) is 0 Å². The average Bonchev–Trinajstić information content (AvgIpc) is 2.72. The summed E-state index contributed by atoms with van der Waals surface area (Å²) in [6.07, 6.45) is 3.40. The van der Waals surface area contributed by atoms with Crippen molar-refractivity contribution in [3.8, 4) is 0 Å². The lowest BCUT2D eigenvalue weighted by Gasteiger charge is -2.33. The molecule has 146 valence electrons. The number of nitrogens with zero attached hydrogens (tertiary/aromatic N) is 2. The molecule has 0 aromatic heterocycles. The molecule has 1 saturated heterocycles. The zero-order chi connectivity index (χ0) is 18.4. The highest BCUT2D eigenvalue weighted by Crippen LogP contribution is 2.29. The number of benzene rings is 2. The number of piperidine rings is 1. The highest BCUT2D eigenvalue weighted by molar-refractivity contribution is 6.00. The maximum absolute atomic E-state index is 13.2. The van der Waals surface area contributed by atoms with Gasteiger partial charge in [-0.1, -0.05) is 30.3 Å². The standard InChI is InChI=1S/C22H29N3O.ClH/c1-23-15-12-18-13-16-25(17-14-18)22(26)20-10-6-7-11-21(20)24(2)19-8-4-3-5-9-19;/h3-11,18,23H,12-17H2,1-2H3;1H. The van der Waals surface area contributed by atoms with E-state index in [1.165, 1.54) is 6.42 Å². The highest BCUT2D eigenvalue weighted by Gasteiger charge is 2.25. The van der Waals surface area contributed by atoms with Crippen molar-refractivity contribution >= 4 is 29.7 Å². The second-order valence-corrected chi connectivity index (χ2v) is 7.04. The molecule has 2 aromatic rings. The molecule has 0 radical (unpaired) electrons. The normalized spacial score (nSPS) is 14.5. The van der Waals surface area contributed by atoms with Crippen LogP contribution in [0.15, 0.2) is 54.6 Å². The fourth-order valence-corrected chi connectivity index (χ4v) is 3.68. The van der Waals surface area contributed by atoms with Crippen LogP contribution in [0, 0.1) is 5.92 Å². The number of halogens is 1. The van der Waals surface area contributed by atoms with Gasteiger partial charge in [0.25, 0.3) is 5.91 Å². The zero-order valence-corrected chi connectivity index (χ0v) is 17.0. The Balaban J connectivity index is 0.00000261. The lowest BCUT2D eigenvalue weighted by atomic mass is 9.93. The Hall–Kier alpha value is -2.04. The number of amides is 1. The van der Waals surface area contributed by atoms with E-state index in [1.54, 1.807) is 0 Å². The summed E-state index contributed by atoms with van der Waals surface area (Å²) in [6, 6.07) is 18.1. The first-order valence-electron chi connectivity index (χ1n) is 9.52. The van der Waals surface area contributed by atoms with E-state index < -0.39 is 0 Å². The number of carbonyl (C=O) groups is 1. The van der Waals surface area contributed by atoms with Gasteiger partial charge in [-0.15, -0.1) is 12.4 Å². The number of anilines is 2. The quantitative estimate of drug-likeness (QED) is 0.800. The van der Waals surface area contributed by atoms with Gasteiger partial charge < -0.3 is 15.1 Å². The van der Waals surface area contributed by atoms with Crippen LogP contribution in [-0.4, -0.2) is 44.5 Å². The van der Waals surface area contributed by atoms with Gasteiger partial charge in [-0.3, -0.25) is 4.79 Å². The molecule has 0 saturated carbocycles. The van der Waals surface area contributed by atoms with E-state index in [0.29, 0.717) is 0 Å². The number of hydrogen-bond donors (Lipinski definition) is 1. The molecule has 2 aromatic carbocycles. The molecule has 27 heavy (non-hydrogen) atoms. The molecule has 0 unspecified atom stereocenters. The third-order valence-corrected chi connectivity index (χ3v) is 5.34. The molecule has 0 spiro atoms. The minimum atomic E-state index is 0. The molecule has 1 heterocycles. The number of nitrogens with one attached hydrogen (secondary N) is 1. The largest absolute Gasteiger partial charge is 0.344 e.